The summed E-state index contributed by atoms with van der Waals surface area (Å²) in [5.74, 6) is 0.212. The van der Waals surface area contributed by atoms with Crippen LogP contribution in [0.1, 0.15) is 30.7 Å². The van der Waals surface area contributed by atoms with Gasteiger partial charge in [0.2, 0.25) is 5.91 Å². The van der Waals surface area contributed by atoms with Crippen molar-refractivity contribution in [2.75, 3.05) is 24.5 Å². The number of amides is 1. The summed E-state index contributed by atoms with van der Waals surface area (Å²) in [7, 11) is 0. The number of nitrogens with zero attached hydrogens (tertiary/aromatic N) is 6. The van der Waals surface area contributed by atoms with Gasteiger partial charge in [0.15, 0.2) is 0 Å². The summed E-state index contributed by atoms with van der Waals surface area (Å²) < 4.78 is 15.5. The van der Waals surface area contributed by atoms with E-state index in [-0.39, 0.29) is 18.3 Å². The molecule has 8 heteroatoms. The summed E-state index contributed by atoms with van der Waals surface area (Å²) in [5, 5.41) is 5.39. The minimum absolute atomic E-state index is 0.0754. The maximum absolute atomic E-state index is 13.7. The minimum atomic E-state index is -0.274. The first-order valence-electron chi connectivity index (χ1n) is 12.1. The molecule has 0 unspecified atom stereocenters. The van der Waals surface area contributed by atoms with Crippen LogP contribution in [0.15, 0.2) is 67.6 Å². The fraction of sp³-hybridized carbons (Fsp3) is 0.286. The van der Waals surface area contributed by atoms with Gasteiger partial charge in [-0.15, -0.1) is 6.58 Å². The van der Waals surface area contributed by atoms with E-state index < -0.39 is 0 Å². The van der Waals surface area contributed by atoms with Crippen molar-refractivity contribution in [1.82, 2.24) is 24.6 Å². The minimum Gasteiger partial charge on any atom is -0.295 e. The van der Waals surface area contributed by atoms with Crippen LogP contribution in [0.4, 0.5) is 15.9 Å². The van der Waals surface area contributed by atoms with Gasteiger partial charge in [-0.25, -0.2) is 14.4 Å². The normalized spacial score (nSPS) is 11.2. The van der Waals surface area contributed by atoms with Gasteiger partial charge in [-0.2, -0.15) is 5.10 Å². The van der Waals surface area contributed by atoms with Crippen LogP contribution in [-0.2, 0) is 17.8 Å². The van der Waals surface area contributed by atoms with Crippen LogP contribution in [0.25, 0.3) is 10.9 Å². The van der Waals surface area contributed by atoms with Crippen molar-refractivity contribution in [2.45, 2.75) is 33.7 Å². The number of benzene rings is 2. The standard InChI is InChI=1S/C28H31FN6O/c1-5-9-25-20(4)30-19-31-28(25)35(27(36)18-33(6-2)7-3)24-12-13-26-22(15-24)16-32-34(26)17-21-10-8-11-23(29)14-21/h5,8,10-16,19H,1,6-7,9,17-18H2,2-4H3. The highest BCUT2D eigenvalue weighted by Crippen LogP contribution is 2.31. The Bertz CT molecular complexity index is 1380. The van der Waals surface area contributed by atoms with Gasteiger partial charge in [0, 0.05) is 16.6 Å². The Labute approximate surface area is 210 Å². The highest BCUT2D eigenvalue weighted by Gasteiger charge is 2.25. The number of likely N-dealkylation sites (N-methyl/N-ethyl adjacent to an activating group) is 1. The molecule has 0 radical (unpaired) electrons. The molecule has 0 aliphatic carbocycles. The van der Waals surface area contributed by atoms with E-state index in [2.05, 4.69) is 26.5 Å². The number of carbonyl (C=O) groups excluding carboxylic acids is 1. The van der Waals surface area contributed by atoms with Crippen molar-refractivity contribution in [3.05, 3.63) is 90.3 Å². The van der Waals surface area contributed by atoms with E-state index in [1.165, 1.54) is 18.5 Å². The molecule has 7 nitrogen and oxygen atoms in total. The molecule has 0 spiro atoms. The Morgan fingerprint density at radius 3 is 2.67 bits per heavy atom. The number of anilines is 2. The predicted molar refractivity (Wildman–Crippen MR) is 141 cm³/mol. The molecule has 2 heterocycles. The summed E-state index contributed by atoms with van der Waals surface area (Å²) in [6.45, 7) is 12.1. The van der Waals surface area contributed by atoms with Crippen molar-refractivity contribution in [2.24, 2.45) is 0 Å². The molecule has 2 aromatic heterocycles. The molecule has 1 amide bonds. The first-order valence-corrected chi connectivity index (χ1v) is 12.1. The number of aryl methyl sites for hydroxylation is 1. The van der Waals surface area contributed by atoms with Crippen molar-refractivity contribution >= 4 is 28.3 Å². The Hall–Kier alpha value is -3.91. The molecule has 0 aliphatic rings. The number of carbonyl (C=O) groups is 1. The molecule has 0 aliphatic heterocycles. The zero-order chi connectivity index (χ0) is 25.7. The van der Waals surface area contributed by atoms with E-state index >= 15 is 0 Å². The first kappa shape index (κ1) is 25.2. The molecule has 0 saturated carbocycles. The van der Waals surface area contributed by atoms with Crippen molar-refractivity contribution < 1.29 is 9.18 Å². The molecular formula is C28H31FN6O. The highest BCUT2D eigenvalue weighted by atomic mass is 19.1. The van der Waals surface area contributed by atoms with Gasteiger partial charge in [0.05, 0.1) is 30.5 Å². The number of allylic oxidation sites excluding steroid dienone is 1. The van der Waals surface area contributed by atoms with Crippen LogP contribution in [0.2, 0.25) is 0 Å². The van der Waals surface area contributed by atoms with Crippen LogP contribution >= 0.6 is 0 Å². The summed E-state index contributed by atoms with van der Waals surface area (Å²) in [4.78, 5) is 26.3. The molecule has 0 N–H and O–H groups in total. The second kappa shape index (κ2) is 11.2. The summed E-state index contributed by atoms with van der Waals surface area (Å²) >= 11 is 0. The molecule has 186 valence electrons. The third-order valence-electron chi connectivity index (χ3n) is 6.31. The fourth-order valence-corrected chi connectivity index (χ4v) is 4.31. The fourth-order valence-electron chi connectivity index (χ4n) is 4.31. The number of halogens is 1. The molecule has 4 rings (SSSR count). The lowest BCUT2D eigenvalue weighted by molar-refractivity contribution is -0.119. The molecule has 0 atom stereocenters. The van der Waals surface area contributed by atoms with Gasteiger partial charge in [-0.05, 0) is 62.3 Å². The second-order valence-corrected chi connectivity index (χ2v) is 8.62. The van der Waals surface area contributed by atoms with E-state index in [9.17, 15) is 9.18 Å². The predicted octanol–water partition coefficient (Wildman–Crippen LogP) is 5.06. The quantitative estimate of drug-likeness (QED) is 0.293. The average Bonchev–Trinajstić information content (AvgIpc) is 3.26. The number of aromatic nitrogens is 4. The zero-order valence-electron chi connectivity index (χ0n) is 21.0. The number of hydrogen-bond donors (Lipinski definition) is 0. The van der Waals surface area contributed by atoms with Crippen molar-refractivity contribution in [1.29, 1.82) is 0 Å². The Morgan fingerprint density at radius 2 is 1.94 bits per heavy atom. The Morgan fingerprint density at radius 1 is 1.14 bits per heavy atom. The Kier molecular flexibility index (Phi) is 7.85. The number of rotatable bonds is 10. The average molecular weight is 487 g/mol. The van der Waals surface area contributed by atoms with Crippen molar-refractivity contribution in [3.63, 3.8) is 0 Å². The van der Waals surface area contributed by atoms with Gasteiger partial charge in [0.1, 0.15) is 18.0 Å². The van der Waals surface area contributed by atoms with E-state index in [0.717, 1.165) is 40.8 Å². The van der Waals surface area contributed by atoms with Gasteiger partial charge in [-0.3, -0.25) is 19.3 Å². The van der Waals surface area contributed by atoms with Gasteiger partial charge in [0.25, 0.3) is 0 Å². The maximum Gasteiger partial charge on any atom is 0.246 e. The molecule has 4 aromatic rings. The van der Waals surface area contributed by atoms with Gasteiger partial charge < -0.3 is 0 Å². The smallest absolute Gasteiger partial charge is 0.246 e. The number of hydrogen-bond acceptors (Lipinski definition) is 5. The lowest BCUT2D eigenvalue weighted by atomic mass is 10.1. The third kappa shape index (κ3) is 5.33. The van der Waals surface area contributed by atoms with Crippen LogP contribution in [0, 0.1) is 12.7 Å². The number of fused-ring (bicyclic) bond motifs is 1. The van der Waals surface area contributed by atoms with Crippen molar-refractivity contribution in [3.8, 4) is 0 Å². The van der Waals surface area contributed by atoms with Crippen LogP contribution in [0.5, 0.6) is 0 Å². The van der Waals surface area contributed by atoms with Gasteiger partial charge in [-0.1, -0.05) is 32.1 Å². The van der Waals surface area contributed by atoms with E-state index in [1.807, 2.05) is 49.7 Å². The topological polar surface area (TPSA) is 67.2 Å². The Balaban J connectivity index is 1.77. The lowest BCUT2D eigenvalue weighted by Gasteiger charge is -2.27. The largest absolute Gasteiger partial charge is 0.295 e. The molecule has 36 heavy (non-hydrogen) atoms. The molecule has 2 aromatic carbocycles. The SMILES string of the molecule is C=CCc1c(C)ncnc1N(C(=O)CN(CC)CC)c1ccc2c(cnn2Cc2cccc(F)c2)c1. The van der Waals surface area contributed by atoms with E-state index in [1.54, 1.807) is 23.2 Å². The summed E-state index contributed by atoms with van der Waals surface area (Å²) in [5.41, 5.74) is 4.09. The lowest BCUT2D eigenvalue weighted by Crippen LogP contribution is -2.39. The molecule has 0 bridgehead atoms. The molecule has 0 fully saturated rings. The van der Waals surface area contributed by atoms with Crippen LogP contribution in [0.3, 0.4) is 0 Å². The summed E-state index contributed by atoms with van der Waals surface area (Å²) in [6, 6.07) is 12.3. The maximum atomic E-state index is 13.7. The second-order valence-electron chi connectivity index (χ2n) is 8.62. The molecular weight excluding hydrogens is 455 g/mol. The third-order valence-corrected chi connectivity index (χ3v) is 6.31. The summed E-state index contributed by atoms with van der Waals surface area (Å²) in [6.07, 6.45) is 5.60. The van der Waals surface area contributed by atoms with E-state index in [4.69, 9.17) is 0 Å². The highest BCUT2D eigenvalue weighted by molar-refractivity contribution is 6.03. The van der Waals surface area contributed by atoms with Gasteiger partial charge >= 0.3 is 0 Å². The monoisotopic (exact) mass is 486 g/mol. The van der Waals surface area contributed by atoms with E-state index in [0.29, 0.717) is 24.5 Å². The zero-order valence-corrected chi connectivity index (χ0v) is 21.0. The van der Waals surface area contributed by atoms with Crippen LogP contribution < -0.4 is 4.90 Å². The molecule has 0 saturated heterocycles. The first-order chi connectivity index (χ1) is 17.4. The van der Waals surface area contributed by atoms with Crippen LogP contribution in [-0.4, -0.2) is 50.2 Å².